The Bertz CT molecular complexity index is 203. The average Bonchev–Trinajstić information content (AvgIpc) is 2.05. The van der Waals surface area contributed by atoms with Crippen molar-refractivity contribution in [3.05, 3.63) is 12.3 Å². The van der Waals surface area contributed by atoms with Crippen molar-refractivity contribution in [3.63, 3.8) is 0 Å². The van der Waals surface area contributed by atoms with Gasteiger partial charge in [-0.25, -0.2) is 5.84 Å². The van der Waals surface area contributed by atoms with Crippen molar-refractivity contribution in [1.29, 1.82) is 0 Å². The van der Waals surface area contributed by atoms with Gasteiger partial charge in [0.25, 0.3) is 0 Å². The van der Waals surface area contributed by atoms with Crippen molar-refractivity contribution >= 4 is 30.6 Å². The Hall–Kier alpha value is -0.780. The molecule has 1 rings (SSSR count). The molecule has 7 heteroatoms. The molecule has 0 radical (unpaired) electrons. The van der Waals surface area contributed by atoms with Crippen LogP contribution in [0.15, 0.2) is 12.3 Å². The quantitative estimate of drug-likeness (QED) is 0.556. The number of halogens is 2. The van der Waals surface area contributed by atoms with Gasteiger partial charge in [0, 0.05) is 6.07 Å². The lowest BCUT2D eigenvalue weighted by atomic mass is 10.5. The van der Waals surface area contributed by atoms with E-state index in [1.807, 2.05) is 0 Å². The number of rotatable bonds is 2. The zero-order valence-corrected chi connectivity index (χ0v) is 7.98. The zero-order chi connectivity index (χ0) is 7.40. The average molecular weight is 213 g/mol. The SMILES string of the molecule is COc1cnnc(NN)c1.Cl.Cl. The third kappa shape index (κ3) is 3.56. The van der Waals surface area contributed by atoms with Crippen LogP contribution in [0.25, 0.3) is 0 Å². The second-order valence-corrected chi connectivity index (χ2v) is 1.62. The van der Waals surface area contributed by atoms with Gasteiger partial charge in [0.15, 0.2) is 5.82 Å². The molecule has 5 nitrogen and oxygen atoms in total. The van der Waals surface area contributed by atoms with Crippen molar-refractivity contribution in [3.8, 4) is 5.75 Å². The summed E-state index contributed by atoms with van der Waals surface area (Å²) < 4.78 is 4.86. The van der Waals surface area contributed by atoms with Crippen molar-refractivity contribution in [1.82, 2.24) is 10.2 Å². The molecule has 0 spiro atoms. The molecule has 0 unspecified atom stereocenters. The van der Waals surface area contributed by atoms with Crippen molar-refractivity contribution in [2.24, 2.45) is 5.84 Å². The molecular formula is C5H10Cl2N4O. The fourth-order valence-corrected chi connectivity index (χ4v) is 0.531. The van der Waals surface area contributed by atoms with E-state index in [4.69, 9.17) is 10.6 Å². The largest absolute Gasteiger partial charge is 0.495 e. The summed E-state index contributed by atoms with van der Waals surface area (Å²) in [5, 5.41) is 7.25. The molecular weight excluding hydrogens is 203 g/mol. The molecule has 0 bridgehead atoms. The van der Waals surface area contributed by atoms with Gasteiger partial charge in [-0.1, -0.05) is 0 Å². The third-order valence-electron chi connectivity index (χ3n) is 1.01. The summed E-state index contributed by atoms with van der Waals surface area (Å²) in [4.78, 5) is 0. The third-order valence-corrected chi connectivity index (χ3v) is 1.01. The van der Waals surface area contributed by atoms with Gasteiger partial charge in [-0.2, -0.15) is 5.10 Å². The van der Waals surface area contributed by atoms with Crippen LogP contribution in [0.3, 0.4) is 0 Å². The highest BCUT2D eigenvalue weighted by molar-refractivity contribution is 5.85. The van der Waals surface area contributed by atoms with Crippen LogP contribution < -0.4 is 16.0 Å². The monoisotopic (exact) mass is 212 g/mol. The van der Waals surface area contributed by atoms with Gasteiger partial charge in [-0.3, -0.25) is 0 Å². The summed E-state index contributed by atoms with van der Waals surface area (Å²) in [5.41, 5.74) is 2.35. The van der Waals surface area contributed by atoms with Crippen LogP contribution >= 0.6 is 24.8 Å². The smallest absolute Gasteiger partial charge is 0.166 e. The minimum atomic E-state index is 0. The molecule has 0 amide bonds. The van der Waals surface area contributed by atoms with Gasteiger partial charge in [-0.15, -0.1) is 29.9 Å². The highest BCUT2D eigenvalue weighted by atomic mass is 35.5. The van der Waals surface area contributed by atoms with Gasteiger partial charge >= 0.3 is 0 Å². The van der Waals surface area contributed by atoms with E-state index >= 15 is 0 Å². The molecule has 0 aliphatic heterocycles. The Labute approximate surface area is 82.5 Å². The molecule has 1 heterocycles. The number of aromatic nitrogens is 2. The van der Waals surface area contributed by atoms with E-state index in [9.17, 15) is 0 Å². The lowest BCUT2D eigenvalue weighted by Crippen LogP contribution is -2.08. The Morgan fingerprint density at radius 3 is 2.67 bits per heavy atom. The number of nitrogens with one attached hydrogen (secondary N) is 1. The number of nitrogens with two attached hydrogens (primary N) is 1. The molecule has 3 N–H and O–H groups in total. The van der Waals surface area contributed by atoms with E-state index in [1.165, 1.54) is 6.20 Å². The summed E-state index contributed by atoms with van der Waals surface area (Å²) in [6, 6.07) is 1.65. The van der Waals surface area contributed by atoms with Gasteiger partial charge < -0.3 is 10.2 Å². The van der Waals surface area contributed by atoms with Crippen LogP contribution in [0.2, 0.25) is 0 Å². The number of ether oxygens (including phenoxy) is 1. The first-order chi connectivity index (χ1) is 4.86. The van der Waals surface area contributed by atoms with Crippen molar-refractivity contribution in [2.75, 3.05) is 12.5 Å². The van der Waals surface area contributed by atoms with Crippen LogP contribution in [0, 0.1) is 0 Å². The topological polar surface area (TPSA) is 73.1 Å². The summed E-state index contributed by atoms with van der Waals surface area (Å²) in [6.45, 7) is 0. The van der Waals surface area contributed by atoms with Crippen LogP contribution in [0.4, 0.5) is 5.82 Å². The Morgan fingerprint density at radius 1 is 1.50 bits per heavy atom. The fourth-order valence-electron chi connectivity index (χ4n) is 0.531. The van der Waals surface area contributed by atoms with Gasteiger partial charge in [0.2, 0.25) is 0 Å². The van der Waals surface area contributed by atoms with E-state index in [2.05, 4.69) is 15.6 Å². The number of anilines is 1. The number of methoxy groups -OCH3 is 1. The molecule has 0 saturated heterocycles. The lowest BCUT2D eigenvalue weighted by molar-refractivity contribution is 0.412. The molecule has 0 atom stereocenters. The minimum absolute atomic E-state index is 0. The van der Waals surface area contributed by atoms with E-state index in [0.717, 1.165) is 0 Å². The summed E-state index contributed by atoms with van der Waals surface area (Å²) in [5.74, 6) is 6.18. The summed E-state index contributed by atoms with van der Waals surface area (Å²) >= 11 is 0. The predicted molar refractivity (Wildman–Crippen MR) is 50.9 cm³/mol. The van der Waals surface area contributed by atoms with E-state index in [-0.39, 0.29) is 24.8 Å². The first kappa shape index (κ1) is 13.8. The first-order valence-electron chi connectivity index (χ1n) is 2.70. The highest BCUT2D eigenvalue weighted by Gasteiger charge is 1.93. The number of hydrogen-bond donors (Lipinski definition) is 2. The highest BCUT2D eigenvalue weighted by Crippen LogP contribution is 2.09. The van der Waals surface area contributed by atoms with E-state index in [0.29, 0.717) is 11.6 Å². The molecule has 70 valence electrons. The predicted octanol–water partition coefficient (Wildman–Crippen LogP) is 0.614. The van der Waals surface area contributed by atoms with Crippen LogP contribution in [-0.2, 0) is 0 Å². The van der Waals surface area contributed by atoms with Gasteiger partial charge in [0.1, 0.15) is 5.75 Å². The maximum absolute atomic E-state index is 5.07. The fraction of sp³-hybridized carbons (Fsp3) is 0.200. The number of hydrazine groups is 1. The molecule has 0 fully saturated rings. The Kier molecular flexibility index (Phi) is 7.93. The lowest BCUT2D eigenvalue weighted by Gasteiger charge is -1.99. The number of hydrogen-bond acceptors (Lipinski definition) is 5. The summed E-state index contributed by atoms with van der Waals surface area (Å²) in [6.07, 6.45) is 1.50. The molecule has 0 saturated carbocycles. The molecule has 0 aliphatic carbocycles. The van der Waals surface area contributed by atoms with Gasteiger partial charge in [-0.05, 0) is 0 Å². The number of nitrogens with zero attached hydrogens (tertiary/aromatic N) is 2. The van der Waals surface area contributed by atoms with Crippen LogP contribution in [-0.4, -0.2) is 17.3 Å². The van der Waals surface area contributed by atoms with E-state index < -0.39 is 0 Å². The molecule has 0 aromatic carbocycles. The van der Waals surface area contributed by atoms with Crippen LogP contribution in [0.1, 0.15) is 0 Å². The normalized spacial score (nSPS) is 7.50. The zero-order valence-electron chi connectivity index (χ0n) is 6.35. The standard InChI is InChI=1S/C5H8N4O.2ClH/c1-10-4-2-5(8-6)9-7-3-4;;/h2-3H,6H2,1H3,(H,8,9);2*1H. The Morgan fingerprint density at radius 2 is 2.17 bits per heavy atom. The second kappa shape index (κ2) is 6.90. The molecule has 0 aliphatic rings. The minimum Gasteiger partial charge on any atom is -0.495 e. The Balaban J connectivity index is 0. The summed E-state index contributed by atoms with van der Waals surface area (Å²) in [7, 11) is 1.55. The maximum Gasteiger partial charge on any atom is 0.166 e. The maximum atomic E-state index is 5.07. The molecule has 12 heavy (non-hydrogen) atoms. The molecule has 1 aromatic rings. The van der Waals surface area contributed by atoms with E-state index in [1.54, 1.807) is 13.2 Å². The van der Waals surface area contributed by atoms with Crippen molar-refractivity contribution in [2.45, 2.75) is 0 Å². The van der Waals surface area contributed by atoms with Crippen LogP contribution in [0.5, 0.6) is 5.75 Å². The second-order valence-electron chi connectivity index (χ2n) is 1.62. The first-order valence-corrected chi connectivity index (χ1v) is 2.70. The van der Waals surface area contributed by atoms with Crippen molar-refractivity contribution < 1.29 is 4.74 Å². The van der Waals surface area contributed by atoms with Gasteiger partial charge in [0.05, 0.1) is 13.3 Å². The number of nitrogen functional groups attached to an aromatic ring is 1. The molecule has 1 aromatic heterocycles.